The Morgan fingerprint density at radius 1 is 0.964 bits per heavy atom. The molecule has 28 heavy (non-hydrogen) atoms. The molecule has 4 N–H and O–H groups in total. The second-order valence-electron chi connectivity index (χ2n) is 5.21. The van der Waals surface area contributed by atoms with Crippen LogP contribution in [-0.2, 0) is 10.4 Å². The topological polar surface area (TPSA) is 155 Å². The van der Waals surface area contributed by atoms with Gasteiger partial charge in [-0.05, 0) is 49.4 Å². The van der Waals surface area contributed by atoms with Gasteiger partial charge in [0.05, 0.1) is 31.2 Å². The largest absolute Gasteiger partial charge is 0.493 e. The van der Waals surface area contributed by atoms with E-state index in [2.05, 4.69) is 10.5 Å². The van der Waals surface area contributed by atoms with E-state index in [0.717, 1.165) is 11.3 Å². The standard InChI is InChI=1S/C17H18N2O4.H2O4S/c1-11(13-6-9-15(22-2)16(10-13)23-3)18-19-14-7-4-12(5-8-14)17(20)21;1-5(2,3)4/h4-10,19H,1-3H3,(H,20,21);(H2,1,2,3,4). The van der Waals surface area contributed by atoms with E-state index in [9.17, 15) is 4.79 Å². The van der Waals surface area contributed by atoms with Crippen LogP contribution in [0.1, 0.15) is 22.8 Å². The average Bonchev–Trinajstić information content (AvgIpc) is 2.64. The summed E-state index contributed by atoms with van der Waals surface area (Å²) in [5.41, 5.74) is 5.48. The fourth-order valence-electron chi connectivity index (χ4n) is 1.96. The highest BCUT2D eigenvalue weighted by Crippen LogP contribution is 2.27. The number of benzene rings is 2. The van der Waals surface area contributed by atoms with Crippen LogP contribution in [0.5, 0.6) is 11.5 Å². The summed E-state index contributed by atoms with van der Waals surface area (Å²) in [6.45, 7) is 1.86. The molecule has 0 aliphatic rings. The van der Waals surface area contributed by atoms with Gasteiger partial charge < -0.3 is 14.6 Å². The molecule has 0 saturated carbocycles. The van der Waals surface area contributed by atoms with Crippen LogP contribution >= 0.6 is 0 Å². The van der Waals surface area contributed by atoms with Crippen molar-refractivity contribution in [1.82, 2.24) is 0 Å². The highest BCUT2D eigenvalue weighted by atomic mass is 32.3. The first-order valence-corrected chi connectivity index (χ1v) is 9.00. The van der Waals surface area contributed by atoms with Crippen LogP contribution in [0, 0.1) is 0 Å². The van der Waals surface area contributed by atoms with Gasteiger partial charge >= 0.3 is 16.4 Å². The first kappa shape index (κ1) is 22.9. The molecule has 11 heteroatoms. The van der Waals surface area contributed by atoms with Gasteiger partial charge in [-0.3, -0.25) is 14.5 Å². The number of hydrazone groups is 1. The number of methoxy groups -OCH3 is 2. The van der Waals surface area contributed by atoms with Crippen molar-refractivity contribution < 1.29 is 36.9 Å². The highest BCUT2D eigenvalue weighted by Gasteiger charge is 2.06. The Kier molecular flexibility index (Phi) is 8.38. The van der Waals surface area contributed by atoms with Crippen molar-refractivity contribution in [3.8, 4) is 11.5 Å². The summed E-state index contributed by atoms with van der Waals surface area (Å²) in [5, 5.41) is 13.2. The monoisotopic (exact) mass is 412 g/mol. The molecule has 0 heterocycles. The molecule has 2 aromatic carbocycles. The molecule has 2 aromatic rings. The van der Waals surface area contributed by atoms with Crippen molar-refractivity contribution in [1.29, 1.82) is 0 Å². The third-order valence-electron chi connectivity index (χ3n) is 3.29. The number of aromatic carboxylic acids is 1. The van der Waals surface area contributed by atoms with Crippen molar-refractivity contribution in [2.75, 3.05) is 19.6 Å². The fraction of sp³-hybridized carbons (Fsp3) is 0.176. The van der Waals surface area contributed by atoms with Crippen molar-refractivity contribution in [3.63, 3.8) is 0 Å². The quantitative estimate of drug-likeness (QED) is 0.318. The number of carboxylic acids is 1. The van der Waals surface area contributed by atoms with Crippen molar-refractivity contribution in [2.24, 2.45) is 5.10 Å². The number of ether oxygens (including phenoxy) is 2. The predicted molar refractivity (Wildman–Crippen MR) is 103 cm³/mol. The van der Waals surface area contributed by atoms with Gasteiger partial charge in [0.15, 0.2) is 11.5 Å². The third kappa shape index (κ3) is 8.03. The number of carboxylic acid groups (broad SMARTS) is 1. The van der Waals surface area contributed by atoms with Crippen LogP contribution in [0.15, 0.2) is 47.6 Å². The molecule has 0 aliphatic heterocycles. The zero-order valence-electron chi connectivity index (χ0n) is 15.3. The van der Waals surface area contributed by atoms with E-state index in [1.54, 1.807) is 26.4 Å². The third-order valence-corrected chi connectivity index (χ3v) is 3.29. The van der Waals surface area contributed by atoms with Gasteiger partial charge in [-0.2, -0.15) is 13.5 Å². The van der Waals surface area contributed by atoms with Crippen molar-refractivity contribution in [3.05, 3.63) is 53.6 Å². The molecule has 152 valence electrons. The van der Waals surface area contributed by atoms with Gasteiger partial charge in [0.2, 0.25) is 0 Å². The van der Waals surface area contributed by atoms with E-state index in [1.807, 2.05) is 25.1 Å². The lowest BCUT2D eigenvalue weighted by Crippen LogP contribution is -2.01. The summed E-state index contributed by atoms with van der Waals surface area (Å²) in [4.78, 5) is 10.8. The van der Waals surface area contributed by atoms with Crippen LogP contribution in [0.3, 0.4) is 0 Å². The zero-order chi connectivity index (χ0) is 21.3. The number of carbonyl (C=O) groups is 1. The lowest BCUT2D eigenvalue weighted by atomic mass is 10.1. The summed E-state index contributed by atoms with van der Waals surface area (Å²) in [6, 6.07) is 11.9. The van der Waals surface area contributed by atoms with Gasteiger partial charge in [0.25, 0.3) is 0 Å². The lowest BCUT2D eigenvalue weighted by Gasteiger charge is -2.09. The molecular weight excluding hydrogens is 392 g/mol. The van der Waals surface area contributed by atoms with E-state index in [4.69, 9.17) is 32.1 Å². The summed E-state index contributed by atoms with van der Waals surface area (Å²) >= 11 is 0. The molecule has 10 nitrogen and oxygen atoms in total. The zero-order valence-corrected chi connectivity index (χ0v) is 16.1. The maximum Gasteiger partial charge on any atom is 0.394 e. The Hall–Kier alpha value is -3.15. The van der Waals surface area contributed by atoms with Gasteiger partial charge in [-0.1, -0.05) is 0 Å². The first-order chi connectivity index (χ1) is 13.0. The van der Waals surface area contributed by atoms with Gasteiger partial charge in [-0.25, -0.2) is 4.79 Å². The minimum absolute atomic E-state index is 0.233. The summed E-state index contributed by atoms with van der Waals surface area (Å²) < 4.78 is 42.1. The second-order valence-corrected chi connectivity index (χ2v) is 6.10. The Morgan fingerprint density at radius 2 is 1.46 bits per heavy atom. The molecule has 2 rings (SSSR count). The highest BCUT2D eigenvalue weighted by molar-refractivity contribution is 7.79. The maximum atomic E-state index is 10.8. The summed E-state index contributed by atoms with van der Waals surface area (Å²) in [5.74, 6) is 0.327. The minimum atomic E-state index is -4.67. The molecule has 0 amide bonds. The molecule has 0 saturated heterocycles. The van der Waals surface area contributed by atoms with E-state index < -0.39 is 16.4 Å². The molecule has 0 radical (unpaired) electrons. The molecule has 0 atom stereocenters. The lowest BCUT2D eigenvalue weighted by molar-refractivity contribution is 0.0697. The number of nitrogens with zero attached hydrogens (tertiary/aromatic N) is 1. The second kappa shape index (κ2) is 10.3. The number of nitrogens with one attached hydrogen (secondary N) is 1. The van der Waals surface area contributed by atoms with E-state index in [1.165, 1.54) is 12.1 Å². The predicted octanol–water partition coefficient (Wildman–Crippen LogP) is 2.59. The number of hydrogen-bond donors (Lipinski definition) is 4. The summed E-state index contributed by atoms with van der Waals surface area (Å²) in [7, 11) is -1.50. The van der Waals surface area contributed by atoms with Crippen molar-refractivity contribution in [2.45, 2.75) is 6.92 Å². The van der Waals surface area contributed by atoms with Crippen LogP contribution in [-0.4, -0.2) is 48.5 Å². The molecular formula is C17H20N2O8S. The molecule has 0 fully saturated rings. The molecule has 0 bridgehead atoms. The first-order valence-electron chi connectivity index (χ1n) is 7.61. The molecule has 0 unspecified atom stereocenters. The minimum Gasteiger partial charge on any atom is -0.493 e. The molecule has 0 spiro atoms. The Bertz CT molecular complexity index is 932. The number of hydrogen-bond acceptors (Lipinski definition) is 7. The average molecular weight is 412 g/mol. The van der Waals surface area contributed by atoms with Gasteiger partial charge in [0, 0.05) is 5.56 Å². The van der Waals surface area contributed by atoms with Crippen LogP contribution < -0.4 is 14.9 Å². The van der Waals surface area contributed by atoms with E-state index in [-0.39, 0.29) is 5.56 Å². The van der Waals surface area contributed by atoms with Crippen molar-refractivity contribution >= 4 is 27.8 Å². The van der Waals surface area contributed by atoms with Crippen LogP contribution in [0.2, 0.25) is 0 Å². The molecule has 0 aliphatic carbocycles. The fourth-order valence-corrected chi connectivity index (χ4v) is 1.96. The molecule has 0 aromatic heterocycles. The summed E-state index contributed by atoms with van der Waals surface area (Å²) in [6.07, 6.45) is 0. The Labute approximate surface area is 162 Å². The maximum absolute atomic E-state index is 10.8. The van der Waals surface area contributed by atoms with Gasteiger partial charge in [-0.15, -0.1) is 0 Å². The van der Waals surface area contributed by atoms with Gasteiger partial charge in [0.1, 0.15) is 0 Å². The van der Waals surface area contributed by atoms with Crippen LogP contribution in [0.4, 0.5) is 5.69 Å². The smallest absolute Gasteiger partial charge is 0.394 e. The van der Waals surface area contributed by atoms with E-state index >= 15 is 0 Å². The SMILES string of the molecule is COc1ccc(C(C)=NNc2ccc(C(=O)O)cc2)cc1OC.O=S(=O)(O)O. The Morgan fingerprint density at radius 3 is 1.93 bits per heavy atom. The number of anilines is 1. The van der Waals surface area contributed by atoms with Crippen LogP contribution in [0.25, 0.3) is 0 Å². The normalized spacial score (nSPS) is 11.1. The van der Waals surface area contributed by atoms with E-state index in [0.29, 0.717) is 17.2 Å². The number of rotatable bonds is 6. The Balaban J connectivity index is 0.000000696.